The summed E-state index contributed by atoms with van der Waals surface area (Å²) in [6, 6.07) is 16.5. The van der Waals surface area contributed by atoms with Crippen LogP contribution in [0.5, 0.6) is 0 Å². The van der Waals surface area contributed by atoms with E-state index in [-0.39, 0.29) is 17.7 Å². The van der Waals surface area contributed by atoms with Gasteiger partial charge in [0, 0.05) is 11.1 Å². The Bertz CT molecular complexity index is 875. The molecule has 0 aliphatic carbocycles. The van der Waals surface area contributed by atoms with E-state index >= 15 is 0 Å². The highest BCUT2D eigenvalue weighted by Gasteiger charge is 2.40. The molecule has 26 heavy (non-hydrogen) atoms. The van der Waals surface area contributed by atoms with Gasteiger partial charge in [-0.05, 0) is 38.1 Å². The van der Waals surface area contributed by atoms with Gasteiger partial charge in [0.2, 0.25) is 5.88 Å². The van der Waals surface area contributed by atoms with Gasteiger partial charge in [-0.25, -0.2) is 4.79 Å². The molecule has 1 atom stereocenters. The van der Waals surface area contributed by atoms with Gasteiger partial charge in [-0.1, -0.05) is 36.4 Å². The van der Waals surface area contributed by atoms with E-state index in [0.29, 0.717) is 16.8 Å². The van der Waals surface area contributed by atoms with Crippen LogP contribution in [0, 0.1) is 0 Å². The van der Waals surface area contributed by atoms with Crippen molar-refractivity contribution in [2.75, 3.05) is 0 Å². The molecule has 1 fully saturated rings. The number of ether oxygens (including phenoxy) is 1. The van der Waals surface area contributed by atoms with Crippen molar-refractivity contribution in [2.24, 2.45) is 0 Å². The molecule has 2 aromatic rings. The summed E-state index contributed by atoms with van der Waals surface area (Å²) < 4.78 is 5.26. The predicted molar refractivity (Wildman–Crippen MR) is 94.8 cm³/mol. The maximum atomic E-state index is 12.8. The standard InChI is InChI=1S/C20H18N2O4/c1-13(21-17(23)15-9-5-3-6-10-15)19-22(14(2)20(25)26-19)18(24)16-11-7-4-8-12-16/h3-12,14H,1-2H3,(H,21,23)/t14-/m0/s1. The minimum Gasteiger partial charge on any atom is -0.406 e. The zero-order valence-electron chi connectivity index (χ0n) is 14.4. The molecular formula is C20H18N2O4. The van der Waals surface area contributed by atoms with Crippen molar-refractivity contribution >= 4 is 17.8 Å². The SMILES string of the molecule is CC(NC(=O)c1ccccc1)=C1OC(=O)[C@H](C)N1C(=O)c1ccccc1. The maximum Gasteiger partial charge on any atom is 0.335 e. The van der Waals surface area contributed by atoms with E-state index in [1.165, 1.54) is 4.90 Å². The van der Waals surface area contributed by atoms with Crippen LogP contribution in [0.15, 0.2) is 72.2 Å². The normalized spacial score (nSPS) is 18.3. The third kappa shape index (κ3) is 3.35. The van der Waals surface area contributed by atoms with E-state index in [9.17, 15) is 14.4 Å². The summed E-state index contributed by atoms with van der Waals surface area (Å²) in [5, 5.41) is 2.69. The number of hydrogen-bond donors (Lipinski definition) is 1. The molecule has 1 heterocycles. The second-order valence-electron chi connectivity index (χ2n) is 5.89. The summed E-state index contributed by atoms with van der Waals surface area (Å²) in [6.07, 6.45) is 0. The van der Waals surface area contributed by atoms with Crippen LogP contribution in [0.4, 0.5) is 0 Å². The maximum absolute atomic E-state index is 12.8. The molecule has 3 rings (SSSR count). The second kappa shape index (κ2) is 7.23. The third-order valence-corrected chi connectivity index (χ3v) is 4.04. The molecule has 1 saturated heterocycles. The molecule has 6 nitrogen and oxygen atoms in total. The second-order valence-corrected chi connectivity index (χ2v) is 5.89. The van der Waals surface area contributed by atoms with E-state index in [2.05, 4.69) is 5.32 Å². The summed E-state index contributed by atoms with van der Waals surface area (Å²) in [4.78, 5) is 38.4. The van der Waals surface area contributed by atoms with Crippen LogP contribution in [-0.2, 0) is 9.53 Å². The molecule has 2 amide bonds. The Labute approximate surface area is 151 Å². The Morgan fingerprint density at radius 2 is 1.50 bits per heavy atom. The number of allylic oxidation sites excluding steroid dienone is 1. The average Bonchev–Trinajstić information content (AvgIpc) is 2.97. The highest BCUT2D eigenvalue weighted by Crippen LogP contribution is 2.26. The molecule has 0 spiro atoms. The predicted octanol–water partition coefficient (Wildman–Crippen LogP) is 2.69. The van der Waals surface area contributed by atoms with Gasteiger partial charge >= 0.3 is 5.97 Å². The number of nitrogens with zero attached hydrogens (tertiary/aromatic N) is 1. The Morgan fingerprint density at radius 3 is 2.08 bits per heavy atom. The zero-order valence-corrected chi connectivity index (χ0v) is 14.4. The van der Waals surface area contributed by atoms with Gasteiger partial charge in [-0.15, -0.1) is 0 Å². The van der Waals surface area contributed by atoms with Crippen molar-refractivity contribution in [1.82, 2.24) is 10.2 Å². The van der Waals surface area contributed by atoms with Crippen LogP contribution in [0.2, 0.25) is 0 Å². The lowest BCUT2D eigenvalue weighted by Gasteiger charge is -2.20. The van der Waals surface area contributed by atoms with E-state index in [1.807, 2.05) is 6.07 Å². The molecule has 0 unspecified atom stereocenters. The van der Waals surface area contributed by atoms with Crippen LogP contribution >= 0.6 is 0 Å². The quantitative estimate of drug-likeness (QED) is 0.864. The number of hydrogen-bond acceptors (Lipinski definition) is 4. The minimum atomic E-state index is -0.777. The number of esters is 1. The first kappa shape index (κ1) is 17.4. The van der Waals surface area contributed by atoms with Crippen molar-refractivity contribution in [3.63, 3.8) is 0 Å². The fourth-order valence-electron chi connectivity index (χ4n) is 2.64. The van der Waals surface area contributed by atoms with Crippen LogP contribution in [0.3, 0.4) is 0 Å². The van der Waals surface area contributed by atoms with Crippen molar-refractivity contribution in [2.45, 2.75) is 19.9 Å². The number of carbonyl (C=O) groups is 3. The average molecular weight is 350 g/mol. The summed E-state index contributed by atoms with van der Waals surface area (Å²) in [6.45, 7) is 3.18. The van der Waals surface area contributed by atoms with Crippen LogP contribution in [-0.4, -0.2) is 28.7 Å². The summed E-state index contributed by atoms with van der Waals surface area (Å²) >= 11 is 0. The number of carbonyl (C=O) groups excluding carboxylic acids is 3. The van der Waals surface area contributed by atoms with Gasteiger partial charge in [-0.2, -0.15) is 0 Å². The Kier molecular flexibility index (Phi) is 4.84. The molecule has 0 aromatic heterocycles. The number of nitrogens with one attached hydrogen (secondary N) is 1. The Balaban J connectivity index is 1.90. The van der Waals surface area contributed by atoms with Crippen molar-refractivity contribution < 1.29 is 19.1 Å². The van der Waals surface area contributed by atoms with E-state index < -0.39 is 12.0 Å². The molecule has 2 aromatic carbocycles. The molecule has 1 aliphatic rings. The van der Waals surface area contributed by atoms with Crippen LogP contribution in [0.1, 0.15) is 34.6 Å². The number of cyclic esters (lactones) is 1. The number of benzene rings is 2. The molecule has 0 saturated carbocycles. The molecule has 0 bridgehead atoms. The third-order valence-electron chi connectivity index (χ3n) is 4.04. The number of amides is 2. The van der Waals surface area contributed by atoms with E-state index in [4.69, 9.17) is 4.74 Å². The first-order valence-corrected chi connectivity index (χ1v) is 8.16. The van der Waals surface area contributed by atoms with E-state index in [0.717, 1.165) is 0 Å². The van der Waals surface area contributed by atoms with Crippen molar-refractivity contribution in [1.29, 1.82) is 0 Å². The number of rotatable bonds is 3. The van der Waals surface area contributed by atoms with Gasteiger partial charge in [0.25, 0.3) is 11.8 Å². The van der Waals surface area contributed by atoms with Crippen LogP contribution in [0.25, 0.3) is 0 Å². The van der Waals surface area contributed by atoms with Gasteiger partial charge in [-0.3, -0.25) is 14.5 Å². The van der Waals surface area contributed by atoms with Crippen LogP contribution < -0.4 is 5.32 Å². The summed E-state index contributed by atoms with van der Waals surface area (Å²) in [5.74, 6) is -1.22. The van der Waals surface area contributed by atoms with Gasteiger partial charge in [0.15, 0.2) is 0 Å². The van der Waals surface area contributed by atoms with Gasteiger partial charge < -0.3 is 10.1 Å². The first-order valence-electron chi connectivity index (χ1n) is 8.16. The fraction of sp³-hybridized carbons (Fsp3) is 0.150. The largest absolute Gasteiger partial charge is 0.406 e. The fourth-order valence-corrected chi connectivity index (χ4v) is 2.64. The highest BCUT2D eigenvalue weighted by atomic mass is 16.6. The lowest BCUT2D eigenvalue weighted by atomic mass is 10.1. The Hall–Kier alpha value is -3.41. The lowest BCUT2D eigenvalue weighted by Crippen LogP contribution is -2.36. The molecule has 0 radical (unpaired) electrons. The molecule has 1 N–H and O–H groups in total. The van der Waals surface area contributed by atoms with E-state index in [1.54, 1.807) is 68.4 Å². The molecule has 1 aliphatic heterocycles. The molecule has 132 valence electrons. The smallest absolute Gasteiger partial charge is 0.335 e. The monoisotopic (exact) mass is 350 g/mol. The molecular weight excluding hydrogens is 332 g/mol. The van der Waals surface area contributed by atoms with Gasteiger partial charge in [0.1, 0.15) is 6.04 Å². The van der Waals surface area contributed by atoms with Crippen molar-refractivity contribution in [3.05, 3.63) is 83.4 Å². The molecule has 6 heteroatoms. The van der Waals surface area contributed by atoms with Crippen molar-refractivity contribution in [3.8, 4) is 0 Å². The Morgan fingerprint density at radius 1 is 0.962 bits per heavy atom. The lowest BCUT2D eigenvalue weighted by molar-refractivity contribution is -0.136. The highest BCUT2D eigenvalue weighted by molar-refractivity contribution is 6.00. The summed E-state index contributed by atoms with van der Waals surface area (Å²) in [7, 11) is 0. The topological polar surface area (TPSA) is 75.7 Å². The minimum absolute atomic E-state index is 0.0423. The van der Waals surface area contributed by atoms with Gasteiger partial charge in [0.05, 0.1) is 5.70 Å². The first-order chi connectivity index (χ1) is 12.5. The summed E-state index contributed by atoms with van der Waals surface area (Å²) in [5.41, 5.74) is 1.18. The zero-order chi connectivity index (χ0) is 18.7.